The molecular weight excluding hydrogens is 365 g/mol. The van der Waals surface area contributed by atoms with Crippen LogP contribution in [-0.4, -0.2) is 55.9 Å². The highest BCUT2D eigenvalue weighted by atomic mass is 19.4. The lowest BCUT2D eigenvalue weighted by Crippen LogP contribution is -2.34. The molecule has 1 aliphatic rings. The summed E-state index contributed by atoms with van der Waals surface area (Å²) in [6.07, 6.45) is -3.43. The summed E-state index contributed by atoms with van der Waals surface area (Å²) < 4.78 is 40.8. The quantitative estimate of drug-likeness (QED) is 0.879. The standard InChI is InChI=1S/C17H17F3N4O3/c1-9-5-10(2)24(22-9)14-4-3-11(6-21-14)15(25)23-7-12(16(26)27)13(8-23)17(18,19)20/h3-6,12-13H,7-8H2,1-2H3,(H,26,27)/t12-,13-/m1/s1. The van der Waals surface area contributed by atoms with Crippen LogP contribution in [0.4, 0.5) is 13.2 Å². The van der Waals surface area contributed by atoms with Crippen molar-refractivity contribution >= 4 is 11.9 Å². The number of carbonyl (C=O) groups excluding carboxylic acids is 1. The molecule has 0 bridgehead atoms. The molecule has 3 heterocycles. The van der Waals surface area contributed by atoms with Crippen LogP contribution in [0.15, 0.2) is 24.4 Å². The van der Waals surface area contributed by atoms with Crippen LogP contribution in [0.1, 0.15) is 21.7 Å². The predicted octanol–water partition coefficient (Wildman–Crippen LogP) is 2.22. The van der Waals surface area contributed by atoms with Crippen LogP contribution in [-0.2, 0) is 4.79 Å². The van der Waals surface area contributed by atoms with E-state index < -0.39 is 43.0 Å². The third kappa shape index (κ3) is 3.64. The Balaban J connectivity index is 1.80. The smallest absolute Gasteiger partial charge is 0.394 e. The van der Waals surface area contributed by atoms with Crippen LogP contribution in [0.5, 0.6) is 0 Å². The van der Waals surface area contributed by atoms with E-state index in [0.717, 1.165) is 16.3 Å². The summed E-state index contributed by atoms with van der Waals surface area (Å²) in [6, 6.07) is 4.84. The van der Waals surface area contributed by atoms with Crippen molar-refractivity contribution in [2.45, 2.75) is 20.0 Å². The number of hydrogen-bond acceptors (Lipinski definition) is 4. The van der Waals surface area contributed by atoms with Gasteiger partial charge in [0.1, 0.15) is 0 Å². The first kappa shape index (κ1) is 18.9. The lowest BCUT2D eigenvalue weighted by atomic mass is 9.96. The summed E-state index contributed by atoms with van der Waals surface area (Å²) in [6.45, 7) is 2.50. The number of amides is 1. The minimum absolute atomic E-state index is 0.0900. The van der Waals surface area contributed by atoms with E-state index in [4.69, 9.17) is 5.11 Å². The van der Waals surface area contributed by atoms with Gasteiger partial charge in [-0.15, -0.1) is 0 Å². The van der Waals surface area contributed by atoms with Crippen molar-refractivity contribution in [1.82, 2.24) is 19.7 Å². The molecule has 0 spiro atoms. The van der Waals surface area contributed by atoms with Crippen LogP contribution in [0, 0.1) is 25.7 Å². The Morgan fingerprint density at radius 1 is 1.22 bits per heavy atom. The third-order valence-corrected chi connectivity index (χ3v) is 4.57. The Morgan fingerprint density at radius 2 is 1.93 bits per heavy atom. The maximum atomic E-state index is 13.1. The molecule has 1 N–H and O–H groups in total. The molecule has 2 aromatic rings. The van der Waals surface area contributed by atoms with E-state index in [2.05, 4.69) is 10.1 Å². The van der Waals surface area contributed by atoms with Gasteiger partial charge in [-0.2, -0.15) is 18.3 Å². The lowest BCUT2D eigenvalue weighted by Gasteiger charge is -2.18. The summed E-state index contributed by atoms with van der Waals surface area (Å²) in [5.41, 5.74) is 1.73. The van der Waals surface area contributed by atoms with Gasteiger partial charge in [-0.05, 0) is 32.0 Å². The first-order chi connectivity index (χ1) is 12.6. The highest BCUT2D eigenvalue weighted by Crippen LogP contribution is 2.38. The number of pyridine rings is 1. The molecule has 7 nitrogen and oxygen atoms in total. The number of aryl methyl sites for hydroxylation is 2. The molecule has 3 rings (SSSR count). The Bertz CT molecular complexity index is 877. The molecule has 0 aromatic carbocycles. The maximum absolute atomic E-state index is 13.1. The topological polar surface area (TPSA) is 88.3 Å². The van der Waals surface area contributed by atoms with Gasteiger partial charge in [0, 0.05) is 25.0 Å². The molecule has 0 aliphatic carbocycles. The molecule has 2 atom stereocenters. The lowest BCUT2D eigenvalue weighted by molar-refractivity contribution is -0.187. The minimum Gasteiger partial charge on any atom is -0.481 e. The maximum Gasteiger partial charge on any atom is 0.394 e. The second-order valence-corrected chi connectivity index (χ2v) is 6.55. The van der Waals surface area contributed by atoms with Gasteiger partial charge < -0.3 is 10.0 Å². The Morgan fingerprint density at radius 3 is 2.37 bits per heavy atom. The average Bonchev–Trinajstić information content (AvgIpc) is 3.18. The van der Waals surface area contributed by atoms with E-state index in [-0.39, 0.29) is 5.56 Å². The normalized spacial score (nSPS) is 20.1. The van der Waals surface area contributed by atoms with Gasteiger partial charge in [0.25, 0.3) is 5.91 Å². The fourth-order valence-electron chi connectivity index (χ4n) is 3.23. The summed E-state index contributed by atoms with van der Waals surface area (Å²) in [7, 11) is 0. The molecule has 2 aromatic heterocycles. The SMILES string of the molecule is Cc1cc(C)n(-c2ccc(C(=O)N3C[C@@H](C(F)(F)F)[C@H](C(=O)O)C3)cn2)n1. The number of carboxylic acid groups (broad SMARTS) is 1. The van der Waals surface area contributed by atoms with E-state index in [0.29, 0.717) is 5.82 Å². The predicted molar refractivity (Wildman–Crippen MR) is 87.4 cm³/mol. The van der Waals surface area contributed by atoms with Gasteiger partial charge in [-0.1, -0.05) is 0 Å². The highest BCUT2D eigenvalue weighted by molar-refractivity contribution is 5.94. The third-order valence-electron chi connectivity index (χ3n) is 4.57. The largest absolute Gasteiger partial charge is 0.481 e. The zero-order valence-electron chi connectivity index (χ0n) is 14.6. The van der Waals surface area contributed by atoms with Crippen molar-refractivity contribution in [3.63, 3.8) is 0 Å². The number of carboxylic acids is 1. The fourth-order valence-corrected chi connectivity index (χ4v) is 3.23. The van der Waals surface area contributed by atoms with Crippen LogP contribution >= 0.6 is 0 Å². The molecular formula is C17H17F3N4O3. The first-order valence-corrected chi connectivity index (χ1v) is 8.16. The summed E-state index contributed by atoms with van der Waals surface area (Å²) >= 11 is 0. The van der Waals surface area contributed by atoms with Crippen LogP contribution < -0.4 is 0 Å². The van der Waals surface area contributed by atoms with Crippen LogP contribution in [0.3, 0.4) is 0 Å². The number of likely N-dealkylation sites (tertiary alicyclic amines) is 1. The molecule has 10 heteroatoms. The van der Waals surface area contributed by atoms with Gasteiger partial charge in [0.05, 0.1) is 23.1 Å². The van der Waals surface area contributed by atoms with Gasteiger partial charge in [0.2, 0.25) is 0 Å². The number of halogens is 3. The van der Waals surface area contributed by atoms with Gasteiger partial charge >= 0.3 is 12.1 Å². The molecule has 27 heavy (non-hydrogen) atoms. The second kappa shape index (κ2) is 6.67. The van der Waals surface area contributed by atoms with Crippen molar-refractivity contribution in [1.29, 1.82) is 0 Å². The molecule has 1 aliphatic heterocycles. The highest BCUT2D eigenvalue weighted by Gasteiger charge is 2.53. The zero-order valence-corrected chi connectivity index (χ0v) is 14.6. The number of aromatic nitrogens is 3. The van der Waals surface area contributed by atoms with Crippen molar-refractivity contribution in [2.24, 2.45) is 11.8 Å². The van der Waals surface area contributed by atoms with Crippen LogP contribution in [0.25, 0.3) is 5.82 Å². The van der Waals surface area contributed by atoms with E-state index in [9.17, 15) is 22.8 Å². The number of nitrogens with zero attached hydrogens (tertiary/aromatic N) is 4. The van der Waals surface area contributed by atoms with E-state index in [1.165, 1.54) is 12.3 Å². The summed E-state index contributed by atoms with van der Waals surface area (Å²) in [4.78, 5) is 28.7. The first-order valence-electron chi connectivity index (χ1n) is 8.16. The van der Waals surface area contributed by atoms with Gasteiger partial charge in [0.15, 0.2) is 5.82 Å². The number of hydrogen-bond donors (Lipinski definition) is 1. The Labute approximate surface area is 152 Å². The molecule has 1 fully saturated rings. The Kier molecular flexibility index (Phi) is 4.66. The molecule has 1 saturated heterocycles. The number of rotatable bonds is 3. The molecule has 0 radical (unpaired) electrons. The van der Waals surface area contributed by atoms with Gasteiger partial charge in [-0.3, -0.25) is 9.59 Å². The number of alkyl halides is 3. The minimum atomic E-state index is -4.68. The molecule has 0 unspecified atom stereocenters. The average molecular weight is 382 g/mol. The second-order valence-electron chi connectivity index (χ2n) is 6.55. The Hall–Kier alpha value is -2.91. The summed E-state index contributed by atoms with van der Waals surface area (Å²) in [5, 5.41) is 13.3. The fraction of sp³-hybridized carbons (Fsp3) is 0.412. The zero-order chi connectivity index (χ0) is 19.9. The number of aliphatic carboxylic acids is 1. The van der Waals surface area contributed by atoms with E-state index in [1.54, 1.807) is 10.7 Å². The van der Waals surface area contributed by atoms with E-state index >= 15 is 0 Å². The molecule has 144 valence electrons. The van der Waals surface area contributed by atoms with Crippen molar-refractivity contribution < 1.29 is 27.9 Å². The molecule has 1 amide bonds. The summed E-state index contributed by atoms with van der Waals surface area (Å²) in [5.74, 6) is -5.53. The molecule has 0 saturated carbocycles. The monoisotopic (exact) mass is 382 g/mol. The van der Waals surface area contributed by atoms with Crippen molar-refractivity contribution in [3.8, 4) is 5.82 Å². The van der Waals surface area contributed by atoms with Crippen molar-refractivity contribution in [3.05, 3.63) is 41.3 Å². The van der Waals surface area contributed by atoms with Gasteiger partial charge in [-0.25, -0.2) is 9.67 Å². The van der Waals surface area contributed by atoms with E-state index in [1.807, 2.05) is 19.9 Å². The number of carbonyl (C=O) groups is 2. The van der Waals surface area contributed by atoms with Crippen LogP contribution in [0.2, 0.25) is 0 Å². The van der Waals surface area contributed by atoms with Crippen molar-refractivity contribution in [2.75, 3.05) is 13.1 Å².